The van der Waals surface area contributed by atoms with Crippen LogP contribution in [0.2, 0.25) is 0 Å². The second kappa shape index (κ2) is 10.8. The zero-order chi connectivity index (χ0) is 21.5. The van der Waals surface area contributed by atoms with Crippen LogP contribution in [-0.2, 0) is 11.2 Å². The molecule has 0 saturated heterocycles. The first kappa shape index (κ1) is 22.5. The van der Waals surface area contributed by atoms with Gasteiger partial charge in [0.15, 0.2) is 0 Å². The van der Waals surface area contributed by atoms with E-state index in [4.69, 9.17) is 4.74 Å². The molecule has 1 aromatic carbocycles. The first-order valence-electron chi connectivity index (χ1n) is 10.6. The first-order valence-corrected chi connectivity index (χ1v) is 11.5. The lowest BCUT2D eigenvalue weighted by Gasteiger charge is -2.37. The van der Waals surface area contributed by atoms with Gasteiger partial charge in [-0.15, -0.1) is 17.9 Å². The van der Waals surface area contributed by atoms with E-state index in [0.29, 0.717) is 32.7 Å². The Hall–Kier alpha value is -2.15. The van der Waals surface area contributed by atoms with Gasteiger partial charge in [0, 0.05) is 24.5 Å². The molecule has 0 saturated carbocycles. The SMILES string of the molecule is C=CCN(CC(=O)N1CCc2sccc2[C@@H]1COc1cccc(C)c1)C[C@@H](O)CC. The summed E-state index contributed by atoms with van der Waals surface area (Å²) in [6.07, 6.45) is 2.87. The number of carbonyl (C=O) groups is 1. The van der Waals surface area contributed by atoms with Crippen molar-refractivity contribution in [2.75, 3.05) is 32.8 Å². The molecule has 0 fully saturated rings. The molecule has 6 heteroatoms. The van der Waals surface area contributed by atoms with Crippen molar-refractivity contribution >= 4 is 17.2 Å². The Morgan fingerprint density at radius 3 is 3.03 bits per heavy atom. The predicted molar refractivity (Wildman–Crippen MR) is 122 cm³/mol. The average molecular weight is 429 g/mol. The molecular formula is C24H32N2O3S. The quantitative estimate of drug-likeness (QED) is 0.585. The number of amides is 1. The summed E-state index contributed by atoms with van der Waals surface area (Å²) in [5.41, 5.74) is 2.34. The highest BCUT2D eigenvalue weighted by Gasteiger charge is 2.32. The van der Waals surface area contributed by atoms with Gasteiger partial charge in [-0.05, 0) is 54.5 Å². The summed E-state index contributed by atoms with van der Waals surface area (Å²) < 4.78 is 6.11. The summed E-state index contributed by atoms with van der Waals surface area (Å²) in [5.74, 6) is 0.888. The van der Waals surface area contributed by atoms with Crippen molar-refractivity contribution in [2.45, 2.75) is 38.8 Å². The van der Waals surface area contributed by atoms with Crippen LogP contribution in [-0.4, -0.2) is 59.7 Å². The van der Waals surface area contributed by atoms with Crippen molar-refractivity contribution in [3.8, 4) is 5.75 Å². The van der Waals surface area contributed by atoms with E-state index in [1.807, 2.05) is 47.9 Å². The average Bonchev–Trinajstić information content (AvgIpc) is 3.21. The predicted octanol–water partition coefficient (Wildman–Crippen LogP) is 3.82. The molecule has 0 aliphatic carbocycles. The third kappa shape index (κ3) is 5.72. The van der Waals surface area contributed by atoms with E-state index in [1.54, 1.807) is 17.4 Å². The van der Waals surface area contributed by atoms with E-state index >= 15 is 0 Å². The number of hydrogen-bond donors (Lipinski definition) is 1. The highest BCUT2D eigenvalue weighted by atomic mass is 32.1. The van der Waals surface area contributed by atoms with Crippen molar-refractivity contribution in [1.82, 2.24) is 9.80 Å². The Kier molecular flexibility index (Phi) is 8.08. The van der Waals surface area contributed by atoms with Crippen LogP contribution in [0.5, 0.6) is 5.75 Å². The van der Waals surface area contributed by atoms with Gasteiger partial charge in [0.25, 0.3) is 0 Å². The number of nitrogens with zero attached hydrogens (tertiary/aromatic N) is 2. The van der Waals surface area contributed by atoms with Crippen LogP contribution in [0.3, 0.4) is 0 Å². The van der Waals surface area contributed by atoms with Gasteiger partial charge in [-0.2, -0.15) is 0 Å². The normalized spacial score (nSPS) is 16.9. The number of carbonyl (C=O) groups excluding carboxylic acids is 1. The number of aryl methyl sites for hydroxylation is 1. The molecule has 0 spiro atoms. The van der Waals surface area contributed by atoms with Crippen molar-refractivity contribution in [1.29, 1.82) is 0 Å². The van der Waals surface area contributed by atoms with Gasteiger partial charge < -0.3 is 14.7 Å². The first-order chi connectivity index (χ1) is 14.5. The Balaban J connectivity index is 1.73. The summed E-state index contributed by atoms with van der Waals surface area (Å²) >= 11 is 1.75. The van der Waals surface area contributed by atoms with Crippen LogP contribution < -0.4 is 4.74 Å². The van der Waals surface area contributed by atoms with Crippen molar-refractivity contribution in [3.63, 3.8) is 0 Å². The number of benzene rings is 1. The fraction of sp³-hybridized carbons (Fsp3) is 0.458. The van der Waals surface area contributed by atoms with E-state index in [9.17, 15) is 9.90 Å². The molecule has 1 amide bonds. The van der Waals surface area contributed by atoms with Gasteiger partial charge in [-0.1, -0.05) is 25.1 Å². The molecular weight excluding hydrogens is 396 g/mol. The van der Waals surface area contributed by atoms with Crippen molar-refractivity contribution in [2.24, 2.45) is 0 Å². The number of ether oxygens (including phenoxy) is 1. The lowest BCUT2D eigenvalue weighted by molar-refractivity contribution is -0.136. The third-order valence-electron chi connectivity index (χ3n) is 5.50. The minimum Gasteiger partial charge on any atom is -0.491 e. The Bertz CT molecular complexity index is 850. The van der Waals surface area contributed by atoms with Crippen LogP contribution in [0.25, 0.3) is 0 Å². The molecule has 2 aromatic rings. The number of rotatable bonds is 10. The second-order valence-electron chi connectivity index (χ2n) is 7.82. The van der Waals surface area contributed by atoms with Gasteiger partial charge in [-0.3, -0.25) is 9.69 Å². The minimum absolute atomic E-state index is 0.0647. The smallest absolute Gasteiger partial charge is 0.237 e. The van der Waals surface area contributed by atoms with Crippen molar-refractivity contribution in [3.05, 3.63) is 64.4 Å². The van der Waals surface area contributed by atoms with Crippen LogP contribution in [0, 0.1) is 6.92 Å². The maximum Gasteiger partial charge on any atom is 0.237 e. The molecule has 162 valence electrons. The van der Waals surface area contributed by atoms with Gasteiger partial charge in [-0.25, -0.2) is 0 Å². The van der Waals surface area contributed by atoms with Crippen LogP contribution >= 0.6 is 11.3 Å². The monoisotopic (exact) mass is 428 g/mol. The lowest BCUT2D eigenvalue weighted by atomic mass is 10.0. The third-order valence-corrected chi connectivity index (χ3v) is 6.50. The van der Waals surface area contributed by atoms with E-state index in [-0.39, 0.29) is 18.5 Å². The summed E-state index contributed by atoms with van der Waals surface area (Å²) in [6, 6.07) is 10.0. The molecule has 0 bridgehead atoms. The zero-order valence-electron chi connectivity index (χ0n) is 17.9. The Labute approximate surface area is 183 Å². The number of hydrogen-bond acceptors (Lipinski definition) is 5. The highest BCUT2D eigenvalue weighted by molar-refractivity contribution is 7.10. The molecule has 1 aromatic heterocycles. The number of aliphatic hydroxyl groups is 1. The maximum absolute atomic E-state index is 13.3. The van der Waals surface area contributed by atoms with Crippen LogP contribution in [0.1, 0.15) is 35.4 Å². The molecule has 2 atom stereocenters. The van der Waals surface area contributed by atoms with E-state index < -0.39 is 6.10 Å². The van der Waals surface area contributed by atoms with Gasteiger partial charge in [0.05, 0.1) is 18.7 Å². The largest absolute Gasteiger partial charge is 0.491 e. The van der Waals surface area contributed by atoms with Crippen LogP contribution in [0.15, 0.2) is 48.4 Å². The van der Waals surface area contributed by atoms with E-state index in [0.717, 1.165) is 17.7 Å². The number of fused-ring (bicyclic) bond motifs is 1. The molecule has 5 nitrogen and oxygen atoms in total. The molecule has 2 heterocycles. The maximum atomic E-state index is 13.3. The summed E-state index contributed by atoms with van der Waals surface area (Å²) in [7, 11) is 0. The van der Waals surface area contributed by atoms with Gasteiger partial charge in [0.1, 0.15) is 12.4 Å². The molecule has 0 radical (unpaired) electrons. The zero-order valence-corrected chi connectivity index (χ0v) is 18.7. The van der Waals surface area contributed by atoms with E-state index in [2.05, 4.69) is 18.0 Å². The van der Waals surface area contributed by atoms with E-state index in [1.165, 1.54) is 10.4 Å². The minimum atomic E-state index is -0.442. The standard InChI is InChI=1S/C24H32N2O3S/c1-4-11-25(15-19(27)5-2)16-24(28)26-12-9-23-21(10-13-30-23)22(26)17-29-20-8-6-7-18(3)14-20/h4,6-8,10,13-14,19,22,27H,1,5,9,11-12,15-17H2,2-3H3/t19-,22-/m0/s1. The fourth-order valence-corrected chi connectivity index (χ4v) is 4.78. The number of thiophene rings is 1. The van der Waals surface area contributed by atoms with Crippen LogP contribution in [0.4, 0.5) is 0 Å². The Morgan fingerprint density at radius 1 is 1.47 bits per heavy atom. The molecule has 1 N–H and O–H groups in total. The molecule has 3 rings (SSSR count). The fourth-order valence-electron chi connectivity index (χ4n) is 3.85. The topological polar surface area (TPSA) is 53.0 Å². The molecule has 30 heavy (non-hydrogen) atoms. The summed E-state index contributed by atoms with van der Waals surface area (Å²) in [5, 5.41) is 12.1. The Morgan fingerprint density at radius 2 is 2.30 bits per heavy atom. The summed E-state index contributed by atoms with van der Waals surface area (Å²) in [6.45, 7) is 10.2. The highest BCUT2D eigenvalue weighted by Crippen LogP contribution is 2.34. The summed E-state index contributed by atoms with van der Waals surface area (Å²) in [4.78, 5) is 18.5. The molecule has 1 aliphatic rings. The van der Waals surface area contributed by atoms with Gasteiger partial charge >= 0.3 is 0 Å². The second-order valence-corrected chi connectivity index (χ2v) is 8.83. The number of aliphatic hydroxyl groups excluding tert-OH is 1. The lowest BCUT2D eigenvalue weighted by Crippen LogP contribution is -2.47. The van der Waals surface area contributed by atoms with Crippen molar-refractivity contribution < 1.29 is 14.6 Å². The van der Waals surface area contributed by atoms with Gasteiger partial charge in [0.2, 0.25) is 5.91 Å². The molecule has 0 unspecified atom stereocenters. The molecule has 1 aliphatic heterocycles.